The maximum Gasteiger partial charge on any atom is 0.265 e. The fourth-order valence-electron chi connectivity index (χ4n) is 2.32. The number of sulfonamides is 1. The lowest BCUT2D eigenvalue weighted by Crippen LogP contribution is -2.29. The van der Waals surface area contributed by atoms with Crippen LogP contribution in [-0.2, 0) is 10.0 Å². The largest absolute Gasteiger partial charge is 0.366 e. The Kier molecular flexibility index (Phi) is 5.33. The summed E-state index contributed by atoms with van der Waals surface area (Å²) in [6.07, 6.45) is 0.389. The number of nitrogens with zero attached hydrogens (tertiary/aromatic N) is 1. The zero-order valence-electron chi connectivity index (χ0n) is 12.9. The predicted molar refractivity (Wildman–Crippen MR) is 86.3 cm³/mol. The van der Waals surface area contributed by atoms with Crippen molar-refractivity contribution in [1.82, 2.24) is 4.47 Å². The smallest absolute Gasteiger partial charge is 0.265 e. The van der Waals surface area contributed by atoms with Crippen molar-refractivity contribution in [3.8, 4) is 11.1 Å². The van der Waals surface area contributed by atoms with Crippen molar-refractivity contribution in [2.75, 3.05) is 6.54 Å². The minimum atomic E-state index is -4.29. The molecule has 0 aliphatic carbocycles. The third-order valence-corrected chi connectivity index (χ3v) is 5.01. The number of amides is 1. The molecule has 0 unspecified atom stereocenters. The van der Waals surface area contributed by atoms with E-state index >= 15 is 0 Å². The summed E-state index contributed by atoms with van der Waals surface area (Å²) in [6, 6.07) is 9.08. The lowest BCUT2D eigenvalue weighted by molar-refractivity contribution is 0.00354. The van der Waals surface area contributed by atoms with E-state index < -0.39 is 21.7 Å². The number of carbonyl (C=O) groups is 1. The molecule has 0 atom stereocenters. The zero-order chi connectivity index (χ0) is 17.9. The Morgan fingerprint density at radius 2 is 1.92 bits per heavy atom. The van der Waals surface area contributed by atoms with Crippen molar-refractivity contribution in [2.45, 2.75) is 18.2 Å². The average Bonchev–Trinajstić information content (AvgIpc) is 2.54. The second-order valence-electron chi connectivity index (χ2n) is 5.10. The molecule has 3 N–H and O–H groups in total. The average molecular weight is 352 g/mol. The minimum Gasteiger partial charge on any atom is -0.366 e. The quantitative estimate of drug-likeness (QED) is 0.780. The summed E-state index contributed by atoms with van der Waals surface area (Å²) < 4.78 is 39.0. The fraction of sp³-hybridized carbons (Fsp3) is 0.188. The Labute approximate surface area is 139 Å². The van der Waals surface area contributed by atoms with Gasteiger partial charge in [-0.1, -0.05) is 29.6 Å². The lowest BCUT2D eigenvalue weighted by Gasteiger charge is -2.18. The van der Waals surface area contributed by atoms with Gasteiger partial charge in [-0.2, -0.15) is 0 Å². The Morgan fingerprint density at radius 3 is 2.50 bits per heavy atom. The normalized spacial score (nSPS) is 11.7. The molecule has 2 aromatic carbocycles. The third kappa shape index (κ3) is 3.45. The Bertz CT molecular complexity index is 868. The SMILES string of the molecule is CCCN(O)S(=O)(=O)c1cccc(C(N)=O)c1-c1cccc(F)c1. The summed E-state index contributed by atoms with van der Waals surface area (Å²) in [5.74, 6) is -1.45. The molecule has 0 aliphatic rings. The highest BCUT2D eigenvalue weighted by Gasteiger charge is 2.28. The van der Waals surface area contributed by atoms with E-state index in [0.717, 1.165) is 6.07 Å². The number of halogens is 1. The molecule has 2 rings (SSSR count). The fourth-order valence-corrected chi connectivity index (χ4v) is 3.70. The molecule has 0 spiro atoms. The van der Waals surface area contributed by atoms with E-state index in [4.69, 9.17) is 5.73 Å². The van der Waals surface area contributed by atoms with Crippen LogP contribution in [0.4, 0.5) is 4.39 Å². The van der Waals surface area contributed by atoms with Crippen LogP contribution in [0.1, 0.15) is 23.7 Å². The van der Waals surface area contributed by atoms with Crippen LogP contribution in [0.3, 0.4) is 0 Å². The zero-order valence-corrected chi connectivity index (χ0v) is 13.8. The first-order valence-electron chi connectivity index (χ1n) is 7.19. The molecule has 0 saturated carbocycles. The molecule has 1 amide bonds. The number of nitrogens with two attached hydrogens (primary N) is 1. The van der Waals surface area contributed by atoms with E-state index in [0.29, 0.717) is 6.42 Å². The van der Waals surface area contributed by atoms with Gasteiger partial charge in [0.25, 0.3) is 10.0 Å². The van der Waals surface area contributed by atoms with Crippen molar-refractivity contribution in [3.63, 3.8) is 0 Å². The lowest BCUT2D eigenvalue weighted by atomic mass is 9.99. The number of primary amides is 1. The number of benzene rings is 2. The van der Waals surface area contributed by atoms with E-state index in [-0.39, 0.29) is 32.6 Å². The van der Waals surface area contributed by atoms with Crippen LogP contribution in [0.5, 0.6) is 0 Å². The second-order valence-corrected chi connectivity index (χ2v) is 6.92. The molecular formula is C16H17FN2O4S. The predicted octanol–water partition coefficient (Wildman–Crippen LogP) is 2.38. The number of hydroxylamine groups is 1. The standard InChI is InChI=1S/C16H17FN2O4S/c1-2-9-19(21)24(22,23)14-8-4-7-13(16(18)20)15(14)11-5-3-6-12(17)10-11/h3-8,10,21H,2,9H2,1H3,(H2,18,20). The molecule has 8 heteroatoms. The topological polar surface area (TPSA) is 101 Å². The minimum absolute atomic E-state index is 0.0420. The Balaban J connectivity index is 2.79. The van der Waals surface area contributed by atoms with E-state index in [1.165, 1.54) is 36.4 Å². The summed E-state index contributed by atoms with van der Waals surface area (Å²) in [5.41, 5.74) is 5.39. The van der Waals surface area contributed by atoms with Gasteiger partial charge in [0.05, 0.1) is 4.90 Å². The number of hydrogen-bond acceptors (Lipinski definition) is 4. The number of hydrogen-bond donors (Lipinski definition) is 2. The van der Waals surface area contributed by atoms with Crippen LogP contribution < -0.4 is 5.73 Å². The van der Waals surface area contributed by atoms with Crippen LogP contribution in [0.15, 0.2) is 47.4 Å². The molecule has 6 nitrogen and oxygen atoms in total. The van der Waals surface area contributed by atoms with Crippen LogP contribution in [0.2, 0.25) is 0 Å². The molecular weight excluding hydrogens is 335 g/mol. The monoisotopic (exact) mass is 352 g/mol. The van der Waals surface area contributed by atoms with Crippen LogP contribution in [0, 0.1) is 5.82 Å². The molecule has 128 valence electrons. The molecule has 2 aromatic rings. The van der Waals surface area contributed by atoms with Gasteiger partial charge in [0.15, 0.2) is 0 Å². The summed E-state index contributed by atoms with van der Waals surface area (Å²) >= 11 is 0. The van der Waals surface area contributed by atoms with Crippen LogP contribution >= 0.6 is 0 Å². The molecule has 0 aromatic heterocycles. The van der Waals surface area contributed by atoms with Gasteiger partial charge in [0.1, 0.15) is 5.82 Å². The molecule has 0 bridgehead atoms. The van der Waals surface area contributed by atoms with Gasteiger partial charge in [-0.25, -0.2) is 12.8 Å². The number of rotatable bonds is 6. The maximum absolute atomic E-state index is 13.6. The van der Waals surface area contributed by atoms with E-state index in [2.05, 4.69) is 0 Å². The van der Waals surface area contributed by atoms with E-state index in [1.807, 2.05) is 0 Å². The van der Waals surface area contributed by atoms with Crippen LogP contribution in [-0.4, -0.2) is 30.5 Å². The highest BCUT2D eigenvalue weighted by molar-refractivity contribution is 7.89. The van der Waals surface area contributed by atoms with Crippen molar-refractivity contribution in [3.05, 3.63) is 53.8 Å². The Morgan fingerprint density at radius 1 is 1.25 bits per heavy atom. The maximum atomic E-state index is 13.6. The van der Waals surface area contributed by atoms with Crippen molar-refractivity contribution in [1.29, 1.82) is 0 Å². The summed E-state index contributed by atoms with van der Waals surface area (Å²) in [5, 5.41) is 9.84. The van der Waals surface area contributed by atoms with Gasteiger partial charge in [0, 0.05) is 17.7 Å². The van der Waals surface area contributed by atoms with Crippen molar-refractivity contribution in [2.24, 2.45) is 5.73 Å². The molecule has 0 aliphatic heterocycles. The first-order valence-corrected chi connectivity index (χ1v) is 8.63. The first-order chi connectivity index (χ1) is 11.3. The third-order valence-electron chi connectivity index (χ3n) is 3.38. The van der Waals surface area contributed by atoms with Gasteiger partial charge < -0.3 is 5.73 Å². The van der Waals surface area contributed by atoms with Gasteiger partial charge in [-0.3, -0.25) is 10.0 Å². The van der Waals surface area contributed by atoms with Crippen molar-refractivity contribution >= 4 is 15.9 Å². The molecule has 24 heavy (non-hydrogen) atoms. The van der Waals surface area contributed by atoms with E-state index in [9.17, 15) is 22.8 Å². The highest BCUT2D eigenvalue weighted by Crippen LogP contribution is 2.32. The van der Waals surface area contributed by atoms with Gasteiger partial charge in [-0.15, -0.1) is 0 Å². The highest BCUT2D eigenvalue weighted by atomic mass is 32.2. The summed E-state index contributed by atoms with van der Waals surface area (Å²) in [4.78, 5) is 11.4. The van der Waals surface area contributed by atoms with Gasteiger partial charge >= 0.3 is 0 Å². The molecule has 0 fully saturated rings. The van der Waals surface area contributed by atoms with E-state index in [1.54, 1.807) is 6.92 Å². The van der Waals surface area contributed by atoms with Crippen molar-refractivity contribution < 1.29 is 22.8 Å². The van der Waals surface area contributed by atoms with Gasteiger partial charge in [-0.05, 0) is 36.2 Å². The first kappa shape index (κ1) is 18.1. The summed E-state index contributed by atoms with van der Waals surface area (Å²) in [7, 11) is -4.29. The van der Waals surface area contributed by atoms with Crippen LogP contribution in [0.25, 0.3) is 11.1 Å². The molecule has 0 radical (unpaired) electrons. The molecule has 0 heterocycles. The van der Waals surface area contributed by atoms with Gasteiger partial charge in [0.2, 0.25) is 5.91 Å². The summed E-state index contributed by atoms with van der Waals surface area (Å²) in [6.45, 7) is 1.58. The Hall–Kier alpha value is -2.29. The second kappa shape index (κ2) is 7.08. The number of carbonyl (C=O) groups excluding carboxylic acids is 1. The molecule has 0 saturated heterocycles.